The second-order valence-electron chi connectivity index (χ2n) is 4.71. The Morgan fingerprint density at radius 1 is 1.10 bits per heavy atom. The smallest absolute Gasteiger partial charge is 0.191 e. The molecule has 0 saturated carbocycles. The van der Waals surface area contributed by atoms with Crippen molar-refractivity contribution in [1.29, 1.82) is 5.26 Å². The molecule has 0 radical (unpaired) electrons. The molecule has 0 spiro atoms. The zero-order valence-corrected chi connectivity index (χ0v) is 12.6. The van der Waals surface area contributed by atoms with Crippen molar-refractivity contribution in [3.63, 3.8) is 0 Å². The molecule has 0 aliphatic heterocycles. The maximum atomic E-state index is 9.27. The Hall–Kier alpha value is -2.59. The molecule has 0 unspecified atom stereocenters. The highest BCUT2D eigenvalue weighted by atomic mass is 32.1. The third kappa shape index (κ3) is 2.30. The first kappa shape index (κ1) is 13.4. The monoisotopic (exact) mass is 296 g/mol. The van der Waals surface area contributed by atoms with Gasteiger partial charge in [0, 0.05) is 5.56 Å². The van der Waals surface area contributed by atoms with Crippen molar-refractivity contribution >= 4 is 11.3 Å². The first-order chi connectivity index (χ1) is 10.1. The number of rotatable bonds is 2. The summed E-state index contributed by atoms with van der Waals surface area (Å²) in [5.41, 5.74) is 4.18. The maximum Gasteiger partial charge on any atom is 0.234 e. The SMILES string of the molecule is Cc1nnc(-n2nnc(C#N)c2-c2ccc(C)c(C)c2)s1. The van der Waals surface area contributed by atoms with Crippen molar-refractivity contribution < 1.29 is 0 Å². The molecule has 0 aliphatic rings. The van der Waals surface area contributed by atoms with Gasteiger partial charge in [0.25, 0.3) is 0 Å². The average Bonchev–Trinajstić information content (AvgIpc) is 3.07. The van der Waals surface area contributed by atoms with Gasteiger partial charge in [0.05, 0.1) is 0 Å². The number of aromatic nitrogens is 5. The van der Waals surface area contributed by atoms with Crippen LogP contribution >= 0.6 is 11.3 Å². The lowest BCUT2D eigenvalue weighted by Crippen LogP contribution is -2.00. The molecule has 7 heteroatoms. The van der Waals surface area contributed by atoms with Crippen LogP contribution in [-0.4, -0.2) is 25.2 Å². The van der Waals surface area contributed by atoms with Crippen LogP contribution in [0.2, 0.25) is 0 Å². The molecule has 0 bridgehead atoms. The summed E-state index contributed by atoms with van der Waals surface area (Å²) in [6.07, 6.45) is 0. The Bertz CT molecular complexity index is 855. The van der Waals surface area contributed by atoms with Crippen LogP contribution in [0.15, 0.2) is 18.2 Å². The summed E-state index contributed by atoms with van der Waals surface area (Å²) < 4.78 is 1.58. The van der Waals surface area contributed by atoms with Gasteiger partial charge < -0.3 is 0 Å². The molecule has 6 nitrogen and oxygen atoms in total. The van der Waals surface area contributed by atoms with E-state index in [1.165, 1.54) is 16.9 Å². The normalized spacial score (nSPS) is 10.6. The molecular weight excluding hydrogens is 284 g/mol. The summed E-state index contributed by atoms with van der Waals surface area (Å²) in [6.45, 7) is 5.96. The number of hydrogen-bond acceptors (Lipinski definition) is 6. The molecule has 104 valence electrons. The fourth-order valence-corrected chi connectivity index (χ4v) is 2.65. The van der Waals surface area contributed by atoms with E-state index >= 15 is 0 Å². The lowest BCUT2D eigenvalue weighted by atomic mass is 10.0. The third-order valence-corrected chi connectivity index (χ3v) is 4.07. The van der Waals surface area contributed by atoms with Gasteiger partial charge in [0.2, 0.25) is 5.13 Å². The van der Waals surface area contributed by atoms with E-state index in [1.807, 2.05) is 39.0 Å². The Morgan fingerprint density at radius 3 is 2.52 bits per heavy atom. The molecule has 0 amide bonds. The predicted molar refractivity (Wildman–Crippen MR) is 79.2 cm³/mol. The summed E-state index contributed by atoms with van der Waals surface area (Å²) >= 11 is 1.41. The number of benzene rings is 1. The summed E-state index contributed by atoms with van der Waals surface area (Å²) in [6, 6.07) is 8.10. The van der Waals surface area contributed by atoms with Crippen LogP contribution in [0.4, 0.5) is 0 Å². The molecule has 0 aliphatic carbocycles. The second kappa shape index (κ2) is 5.07. The molecule has 1 aromatic carbocycles. The minimum atomic E-state index is 0.283. The molecule has 3 aromatic rings. The number of nitriles is 1. The number of hydrogen-bond donors (Lipinski definition) is 0. The van der Waals surface area contributed by atoms with Crippen LogP contribution < -0.4 is 0 Å². The van der Waals surface area contributed by atoms with E-state index in [2.05, 4.69) is 26.6 Å². The quantitative estimate of drug-likeness (QED) is 0.726. The van der Waals surface area contributed by atoms with Crippen molar-refractivity contribution in [2.24, 2.45) is 0 Å². The topological polar surface area (TPSA) is 80.3 Å². The number of nitrogens with zero attached hydrogens (tertiary/aromatic N) is 6. The van der Waals surface area contributed by atoms with Crippen LogP contribution in [0.25, 0.3) is 16.4 Å². The highest BCUT2D eigenvalue weighted by Gasteiger charge is 2.18. The Labute approximate surface area is 125 Å². The summed E-state index contributed by atoms with van der Waals surface area (Å²) in [5.74, 6) is 0. The molecular formula is C14H12N6S. The molecule has 0 fully saturated rings. The minimum Gasteiger partial charge on any atom is -0.191 e. The van der Waals surface area contributed by atoms with Crippen molar-refractivity contribution in [3.8, 4) is 22.5 Å². The van der Waals surface area contributed by atoms with Gasteiger partial charge in [0.15, 0.2) is 5.69 Å². The third-order valence-electron chi connectivity index (χ3n) is 3.25. The Balaban J connectivity index is 2.23. The van der Waals surface area contributed by atoms with Gasteiger partial charge in [-0.15, -0.1) is 15.3 Å². The molecule has 0 atom stereocenters. The van der Waals surface area contributed by atoms with Crippen molar-refractivity contribution in [1.82, 2.24) is 25.2 Å². The van der Waals surface area contributed by atoms with Gasteiger partial charge >= 0.3 is 0 Å². The van der Waals surface area contributed by atoms with Gasteiger partial charge in [-0.1, -0.05) is 28.7 Å². The first-order valence-electron chi connectivity index (χ1n) is 6.34. The average molecular weight is 296 g/mol. The standard InChI is InChI=1S/C14H12N6S/c1-8-4-5-11(6-9(8)2)13-12(7-15)17-19-20(13)14-18-16-10(3)21-14/h4-6H,1-3H3. The summed E-state index contributed by atoms with van der Waals surface area (Å²) in [5, 5.41) is 26.8. The molecule has 2 aromatic heterocycles. The molecule has 0 N–H and O–H groups in total. The molecule has 21 heavy (non-hydrogen) atoms. The van der Waals surface area contributed by atoms with Gasteiger partial charge in [-0.25, -0.2) is 0 Å². The van der Waals surface area contributed by atoms with Crippen LogP contribution in [0.1, 0.15) is 21.8 Å². The van der Waals surface area contributed by atoms with Gasteiger partial charge in [-0.3, -0.25) is 0 Å². The minimum absolute atomic E-state index is 0.283. The number of aryl methyl sites for hydroxylation is 3. The lowest BCUT2D eigenvalue weighted by molar-refractivity contribution is 0.787. The van der Waals surface area contributed by atoms with E-state index in [0.717, 1.165) is 16.1 Å². The predicted octanol–water partition coefficient (Wildman–Crippen LogP) is 2.58. The van der Waals surface area contributed by atoms with E-state index in [4.69, 9.17) is 0 Å². The zero-order chi connectivity index (χ0) is 15.0. The Kier molecular flexibility index (Phi) is 3.23. The van der Waals surface area contributed by atoms with E-state index in [1.54, 1.807) is 4.68 Å². The van der Waals surface area contributed by atoms with Crippen LogP contribution in [0, 0.1) is 32.1 Å². The molecule has 2 heterocycles. The van der Waals surface area contributed by atoms with Gasteiger partial charge in [-0.05, 0) is 38.0 Å². The van der Waals surface area contributed by atoms with Crippen LogP contribution in [-0.2, 0) is 0 Å². The second-order valence-corrected chi connectivity index (χ2v) is 5.87. The largest absolute Gasteiger partial charge is 0.234 e. The van der Waals surface area contributed by atoms with Gasteiger partial charge in [-0.2, -0.15) is 9.94 Å². The van der Waals surface area contributed by atoms with Crippen LogP contribution in [0.5, 0.6) is 0 Å². The molecule has 3 rings (SSSR count). The fourth-order valence-electron chi connectivity index (χ4n) is 2.01. The molecule has 0 saturated heterocycles. The van der Waals surface area contributed by atoms with E-state index < -0.39 is 0 Å². The zero-order valence-electron chi connectivity index (χ0n) is 11.8. The maximum absolute atomic E-state index is 9.27. The summed E-state index contributed by atoms with van der Waals surface area (Å²) in [4.78, 5) is 0. The van der Waals surface area contributed by atoms with E-state index in [9.17, 15) is 5.26 Å². The van der Waals surface area contributed by atoms with Crippen molar-refractivity contribution in [2.45, 2.75) is 20.8 Å². The summed E-state index contributed by atoms with van der Waals surface area (Å²) in [7, 11) is 0. The highest BCUT2D eigenvalue weighted by molar-refractivity contribution is 7.13. The fraction of sp³-hybridized carbons (Fsp3) is 0.214. The van der Waals surface area contributed by atoms with E-state index in [-0.39, 0.29) is 5.69 Å². The van der Waals surface area contributed by atoms with Crippen molar-refractivity contribution in [2.75, 3.05) is 0 Å². The van der Waals surface area contributed by atoms with Crippen molar-refractivity contribution in [3.05, 3.63) is 40.0 Å². The van der Waals surface area contributed by atoms with E-state index in [0.29, 0.717) is 10.8 Å². The van der Waals surface area contributed by atoms with Crippen LogP contribution in [0.3, 0.4) is 0 Å². The lowest BCUT2D eigenvalue weighted by Gasteiger charge is -2.06. The highest BCUT2D eigenvalue weighted by Crippen LogP contribution is 2.27. The first-order valence-corrected chi connectivity index (χ1v) is 7.15. The Morgan fingerprint density at radius 2 is 1.90 bits per heavy atom. The van der Waals surface area contributed by atoms with Gasteiger partial charge in [0.1, 0.15) is 16.8 Å².